The highest BCUT2D eigenvalue weighted by Gasteiger charge is 2.22. The van der Waals surface area contributed by atoms with E-state index < -0.39 is 0 Å². The molecule has 2 aromatic rings. The molecule has 0 atom stereocenters. The van der Waals surface area contributed by atoms with Gasteiger partial charge >= 0.3 is 6.03 Å². The molecular formula is C23H29N3O4S. The van der Waals surface area contributed by atoms with Gasteiger partial charge in [-0.05, 0) is 35.6 Å². The molecule has 0 fully saturated rings. The molecule has 8 heteroatoms. The molecule has 0 bridgehead atoms. The van der Waals surface area contributed by atoms with Gasteiger partial charge in [-0.2, -0.15) is 0 Å². The lowest BCUT2D eigenvalue weighted by Gasteiger charge is -2.27. The highest BCUT2D eigenvalue weighted by molar-refractivity contribution is 7.09. The van der Waals surface area contributed by atoms with Crippen molar-refractivity contribution in [3.8, 4) is 11.5 Å². The number of benzene rings is 1. The van der Waals surface area contributed by atoms with Crippen LogP contribution >= 0.6 is 11.3 Å². The number of thiophene rings is 1. The minimum atomic E-state index is -0.249. The molecule has 0 radical (unpaired) electrons. The molecule has 2 heterocycles. The minimum Gasteiger partial charge on any atom is -0.454 e. The van der Waals surface area contributed by atoms with E-state index in [1.807, 2.05) is 35.7 Å². The number of rotatable bonds is 11. The Morgan fingerprint density at radius 3 is 2.77 bits per heavy atom. The molecule has 3 amide bonds. The molecule has 0 saturated heterocycles. The average molecular weight is 444 g/mol. The van der Waals surface area contributed by atoms with Crippen LogP contribution in [0.5, 0.6) is 11.5 Å². The number of fused-ring (bicyclic) bond motifs is 1. The summed E-state index contributed by atoms with van der Waals surface area (Å²) in [5.74, 6) is 1.27. The van der Waals surface area contributed by atoms with E-state index in [9.17, 15) is 9.59 Å². The fourth-order valence-corrected chi connectivity index (χ4v) is 3.92. The summed E-state index contributed by atoms with van der Waals surface area (Å²) < 4.78 is 10.8. The third kappa shape index (κ3) is 6.49. The van der Waals surface area contributed by atoms with Crippen LogP contribution in [-0.4, -0.2) is 48.2 Å². The van der Waals surface area contributed by atoms with Crippen LogP contribution in [0.4, 0.5) is 4.79 Å². The number of unbranched alkanes of at least 4 members (excludes halogenated alkanes) is 1. The van der Waals surface area contributed by atoms with Gasteiger partial charge in [0.1, 0.15) is 6.54 Å². The lowest BCUT2D eigenvalue weighted by Crippen LogP contribution is -2.46. The van der Waals surface area contributed by atoms with E-state index in [1.54, 1.807) is 22.3 Å². The molecule has 0 unspecified atom stereocenters. The molecule has 0 saturated carbocycles. The molecule has 1 aromatic carbocycles. The maximum Gasteiger partial charge on any atom is 0.318 e. The van der Waals surface area contributed by atoms with Gasteiger partial charge in [-0.3, -0.25) is 4.79 Å². The van der Waals surface area contributed by atoms with Crippen molar-refractivity contribution in [2.75, 3.05) is 26.4 Å². The van der Waals surface area contributed by atoms with Crippen LogP contribution in [0.3, 0.4) is 0 Å². The van der Waals surface area contributed by atoms with Crippen LogP contribution in [0, 0.1) is 0 Å². The summed E-state index contributed by atoms with van der Waals surface area (Å²) in [7, 11) is 0. The van der Waals surface area contributed by atoms with Crippen molar-refractivity contribution in [1.29, 1.82) is 0 Å². The average Bonchev–Trinajstić information content (AvgIpc) is 3.44. The summed E-state index contributed by atoms with van der Waals surface area (Å²) in [5.41, 5.74) is 0.942. The second-order valence-corrected chi connectivity index (χ2v) is 8.30. The van der Waals surface area contributed by atoms with Crippen molar-refractivity contribution in [2.24, 2.45) is 0 Å². The Morgan fingerprint density at radius 1 is 1.19 bits per heavy atom. The van der Waals surface area contributed by atoms with Crippen molar-refractivity contribution in [2.45, 2.75) is 32.9 Å². The van der Waals surface area contributed by atoms with Crippen LogP contribution < -0.4 is 14.8 Å². The Hall–Kier alpha value is -3.00. The van der Waals surface area contributed by atoms with Crippen LogP contribution in [0.2, 0.25) is 0 Å². The van der Waals surface area contributed by atoms with E-state index in [-0.39, 0.29) is 25.3 Å². The maximum atomic E-state index is 13.2. The van der Waals surface area contributed by atoms with Crippen LogP contribution in [-0.2, 0) is 17.9 Å². The third-order valence-corrected chi connectivity index (χ3v) is 5.72. The van der Waals surface area contributed by atoms with Crippen LogP contribution in [0.15, 0.2) is 48.4 Å². The Labute approximate surface area is 187 Å². The summed E-state index contributed by atoms with van der Waals surface area (Å²) in [6, 6.07) is 9.41. The number of ether oxygens (including phenoxy) is 2. The van der Waals surface area contributed by atoms with E-state index in [0.717, 1.165) is 23.3 Å². The summed E-state index contributed by atoms with van der Waals surface area (Å²) >= 11 is 1.60. The highest BCUT2D eigenvalue weighted by Crippen LogP contribution is 2.33. The van der Waals surface area contributed by atoms with Gasteiger partial charge in [0.2, 0.25) is 12.7 Å². The molecule has 0 aliphatic carbocycles. The van der Waals surface area contributed by atoms with E-state index in [0.29, 0.717) is 37.7 Å². The SMILES string of the molecule is C=CCN(CC(=O)N(Cc1ccc2c(c1)OCO2)Cc1cccs1)C(=O)NCCCC. The van der Waals surface area contributed by atoms with Crippen molar-refractivity contribution >= 4 is 23.3 Å². The first-order chi connectivity index (χ1) is 15.1. The van der Waals surface area contributed by atoms with Gasteiger partial charge in [-0.1, -0.05) is 31.6 Å². The lowest BCUT2D eigenvalue weighted by molar-refractivity contribution is -0.133. The lowest BCUT2D eigenvalue weighted by atomic mass is 10.2. The molecule has 1 aliphatic heterocycles. The van der Waals surface area contributed by atoms with Crippen molar-refractivity contribution in [3.63, 3.8) is 0 Å². The predicted molar refractivity (Wildman–Crippen MR) is 121 cm³/mol. The van der Waals surface area contributed by atoms with Crippen LogP contribution in [0.25, 0.3) is 0 Å². The quantitative estimate of drug-likeness (QED) is 0.421. The van der Waals surface area contributed by atoms with Gasteiger partial charge in [-0.15, -0.1) is 17.9 Å². The number of urea groups is 1. The number of hydrogen-bond donors (Lipinski definition) is 1. The molecule has 1 N–H and O–H groups in total. The molecule has 0 spiro atoms. The summed E-state index contributed by atoms with van der Waals surface area (Å²) in [6.45, 7) is 7.77. The zero-order valence-corrected chi connectivity index (χ0v) is 18.7. The maximum absolute atomic E-state index is 13.2. The molecule has 166 valence electrons. The van der Waals surface area contributed by atoms with Crippen LogP contribution in [0.1, 0.15) is 30.2 Å². The van der Waals surface area contributed by atoms with Gasteiger partial charge < -0.3 is 24.6 Å². The minimum absolute atomic E-state index is 0.0140. The smallest absolute Gasteiger partial charge is 0.318 e. The fraction of sp³-hybridized carbons (Fsp3) is 0.391. The molecule has 1 aliphatic rings. The normalized spacial score (nSPS) is 11.8. The second-order valence-electron chi connectivity index (χ2n) is 7.27. The van der Waals surface area contributed by atoms with E-state index in [1.165, 1.54) is 4.90 Å². The number of hydrogen-bond acceptors (Lipinski definition) is 5. The number of carbonyl (C=O) groups is 2. The van der Waals surface area contributed by atoms with Gasteiger partial charge in [0.15, 0.2) is 11.5 Å². The zero-order chi connectivity index (χ0) is 22.1. The molecule has 7 nitrogen and oxygen atoms in total. The largest absolute Gasteiger partial charge is 0.454 e. The Morgan fingerprint density at radius 2 is 2.03 bits per heavy atom. The van der Waals surface area contributed by atoms with Gasteiger partial charge in [0.05, 0.1) is 6.54 Å². The molecule has 1 aromatic heterocycles. The monoisotopic (exact) mass is 443 g/mol. The first kappa shape index (κ1) is 22.7. The number of nitrogens with zero attached hydrogens (tertiary/aromatic N) is 2. The Kier molecular flexibility index (Phi) is 8.35. The first-order valence-corrected chi connectivity index (χ1v) is 11.3. The molecule has 31 heavy (non-hydrogen) atoms. The van der Waals surface area contributed by atoms with Crippen molar-refractivity contribution < 1.29 is 19.1 Å². The third-order valence-electron chi connectivity index (χ3n) is 4.86. The van der Waals surface area contributed by atoms with E-state index in [4.69, 9.17) is 9.47 Å². The Balaban J connectivity index is 1.71. The van der Waals surface area contributed by atoms with Gasteiger partial charge in [0, 0.05) is 24.5 Å². The summed E-state index contributed by atoms with van der Waals surface area (Å²) in [5, 5.41) is 4.87. The fourth-order valence-electron chi connectivity index (χ4n) is 3.20. The summed E-state index contributed by atoms with van der Waals surface area (Å²) in [4.78, 5) is 30.1. The molecule has 3 rings (SSSR count). The Bertz CT molecular complexity index is 885. The van der Waals surface area contributed by atoms with Gasteiger partial charge in [0.25, 0.3) is 0 Å². The molecular weight excluding hydrogens is 414 g/mol. The van der Waals surface area contributed by atoms with Crippen molar-refractivity contribution in [1.82, 2.24) is 15.1 Å². The highest BCUT2D eigenvalue weighted by atomic mass is 32.1. The predicted octanol–water partition coefficient (Wildman–Crippen LogP) is 4.00. The summed E-state index contributed by atoms with van der Waals surface area (Å²) in [6.07, 6.45) is 3.52. The number of carbonyl (C=O) groups excluding carboxylic acids is 2. The zero-order valence-electron chi connectivity index (χ0n) is 17.8. The van der Waals surface area contributed by atoms with Gasteiger partial charge in [-0.25, -0.2) is 4.79 Å². The van der Waals surface area contributed by atoms with E-state index in [2.05, 4.69) is 18.8 Å². The number of amides is 3. The first-order valence-electron chi connectivity index (χ1n) is 10.4. The standard InChI is InChI=1S/C23H29N3O4S/c1-3-5-10-24-23(28)25(11-4-2)16-22(27)26(15-19-7-6-12-31-19)14-18-8-9-20-21(13-18)30-17-29-20/h4,6-9,12-13H,2-3,5,10-11,14-17H2,1H3,(H,24,28). The van der Waals surface area contributed by atoms with Crippen molar-refractivity contribution in [3.05, 3.63) is 58.8 Å². The second kappa shape index (κ2) is 11.4. The number of nitrogens with one attached hydrogen (secondary N) is 1. The van der Waals surface area contributed by atoms with E-state index >= 15 is 0 Å². The topological polar surface area (TPSA) is 71.1 Å².